The van der Waals surface area contributed by atoms with Gasteiger partial charge in [0, 0.05) is 47.0 Å². The second-order valence-corrected chi connectivity index (χ2v) is 12.6. The van der Waals surface area contributed by atoms with Gasteiger partial charge in [0.1, 0.15) is 0 Å². The molecule has 10 heteroatoms. The number of morpholine rings is 1. The van der Waals surface area contributed by atoms with Gasteiger partial charge in [-0.3, -0.25) is 4.79 Å². The SMILES string of the molecule is Cc1ccc(S(=O)(=O)n2cc(-c3ccn(Cc4cccc(Br)c4)c(=O)c3)c3cc(N4CCOCC4)cnc32)cc1. The maximum absolute atomic E-state index is 13.8. The van der Waals surface area contributed by atoms with Crippen molar-refractivity contribution in [3.63, 3.8) is 0 Å². The summed E-state index contributed by atoms with van der Waals surface area (Å²) in [6, 6.07) is 19.9. The third-order valence-corrected chi connectivity index (χ3v) is 9.26. The lowest BCUT2D eigenvalue weighted by Gasteiger charge is -2.28. The number of halogens is 1. The lowest BCUT2D eigenvalue weighted by molar-refractivity contribution is 0.122. The molecule has 3 aromatic heterocycles. The average Bonchev–Trinajstić information content (AvgIpc) is 3.35. The Labute approximate surface area is 240 Å². The molecule has 0 spiro atoms. The molecule has 6 rings (SSSR count). The van der Waals surface area contributed by atoms with E-state index in [1.165, 1.54) is 3.97 Å². The van der Waals surface area contributed by atoms with E-state index in [0.717, 1.165) is 34.4 Å². The van der Waals surface area contributed by atoms with Gasteiger partial charge in [0.2, 0.25) is 0 Å². The van der Waals surface area contributed by atoms with Crippen molar-refractivity contribution in [2.75, 3.05) is 31.2 Å². The lowest BCUT2D eigenvalue weighted by atomic mass is 10.1. The number of fused-ring (bicyclic) bond motifs is 1. The number of aryl methyl sites for hydroxylation is 1. The van der Waals surface area contributed by atoms with Crippen molar-refractivity contribution in [3.8, 4) is 11.1 Å². The topological polar surface area (TPSA) is 86.4 Å². The summed E-state index contributed by atoms with van der Waals surface area (Å²) in [7, 11) is -3.94. The fraction of sp³-hybridized carbons (Fsp3) is 0.200. The van der Waals surface area contributed by atoms with E-state index in [1.807, 2.05) is 43.3 Å². The molecule has 0 saturated carbocycles. The molecule has 0 bridgehead atoms. The quantitative estimate of drug-likeness (QED) is 0.264. The van der Waals surface area contributed by atoms with Crippen LogP contribution in [-0.2, 0) is 21.3 Å². The van der Waals surface area contributed by atoms with Crippen LogP contribution in [0.3, 0.4) is 0 Å². The second-order valence-electron chi connectivity index (χ2n) is 9.83. The van der Waals surface area contributed by atoms with Gasteiger partial charge in [0.05, 0.1) is 36.5 Å². The number of benzene rings is 2. The van der Waals surface area contributed by atoms with Gasteiger partial charge in [-0.25, -0.2) is 17.4 Å². The van der Waals surface area contributed by atoms with Gasteiger partial charge in [0.15, 0.2) is 5.65 Å². The minimum absolute atomic E-state index is 0.171. The maximum Gasteiger partial charge on any atom is 0.269 e. The van der Waals surface area contributed by atoms with Gasteiger partial charge in [-0.2, -0.15) is 0 Å². The molecule has 1 fully saturated rings. The number of anilines is 1. The van der Waals surface area contributed by atoms with Crippen LogP contribution in [0.2, 0.25) is 0 Å². The summed E-state index contributed by atoms with van der Waals surface area (Å²) < 4.78 is 36.8. The van der Waals surface area contributed by atoms with Crippen LogP contribution in [0.15, 0.2) is 99.5 Å². The second kappa shape index (κ2) is 10.7. The van der Waals surface area contributed by atoms with Crippen molar-refractivity contribution < 1.29 is 13.2 Å². The highest BCUT2D eigenvalue weighted by atomic mass is 79.9. The molecule has 8 nitrogen and oxygen atoms in total. The van der Waals surface area contributed by atoms with Crippen LogP contribution in [0.1, 0.15) is 11.1 Å². The van der Waals surface area contributed by atoms with Crippen LogP contribution >= 0.6 is 15.9 Å². The Hall–Kier alpha value is -3.73. The Kier molecular flexibility index (Phi) is 7.07. The van der Waals surface area contributed by atoms with Crippen LogP contribution in [-0.4, -0.2) is 48.2 Å². The first-order valence-corrected chi connectivity index (χ1v) is 15.1. The Morgan fingerprint density at radius 3 is 2.50 bits per heavy atom. The molecular formula is C30H27BrN4O4S. The van der Waals surface area contributed by atoms with E-state index in [9.17, 15) is 13.2 Å². The standard InChI is InChI=1S/C30H27BrN4O4S/c1-21-5-7-26(8-6-21)40(37,38)35-20-28(27-17-25(18-32-30(27)35)33-11-13-39-14-12-33)23-9-10-34(29(36)16-23)19-22-3-2-4-24(31)15-22/h2-10,15-18,20H,11-14,19H2,1H3. The maximum atomic E-state index is 13.8. The molecular weight excluding hydrogens is 592 g/mol. The smallest absolute Gasteiger partial charge is 0.269 e. The minimum atomic E-state index is -3.94. The van der Waals surface area contributed by atoms with Crippen LogP contribution in [0, 0.1) is 6.92 Å². The molecule has 40 heavy (non-hydrogen) atoms. The predicted molar refractivity (Wildman–Crippen MR) is 159 cm³/mol. The molecule has 0 radical (unpaired) electrons. The van der Waals surface area contributed by atoms with E-state index in [4.69, 9.17) is 4.74 Å². The number of nitrogens with zero attached hydrogens (tertiary/aromatic N) is 4. The van der Waals surface area contributed by atoms with Crippen molar-refractivity contribution in [2.45, 2.75) is 18.4 Å². The van der Waals surface area contributed by atoms with E-state index in [1.54, 1.807) is 53.5 Å². The molecule has 5 aromatic rings. The van der Waals surface area contributed by atoms with Crippen molar-refractivity contribution in [1.29, 1.82) is 0 Å². The van der Waals surface area contributed by atoms with Crippen molar-refractivity contribution in [1.82, 2.24) is 13.5 Å². The molecule has 0 amide bonds. The third kappa shape index (κ3) is 5.10. The average molecular weight is 620 g/mol. The van der Waals surface area contributed by atoms with Gasteiger partial charge in [-0.15, -0.1) is 0 Å². The first kappa shape index (κ1) is 26.5. The number of aromatic nitrogens is 3. The summed E-state index contributed by atoms with van der Waals surface area (Å²) >= 11 is 3.48. The Morgan fingerprint density at radius 1 is 1.00 bits per heavy atom. The number of rotatable bonds is 6. The fourth-order valence-corrected chi connectivity index (χ4v) is 6.71. The van der Waals surface area contributed by atoms with E-state index in [2.05, 4.69) is 25.8 Å². The molecule has 204 valence electrons. The Bertz CT molecular complexity index is 1870. The first-order chi connectivity index (χ1) is 19.3. The summed E-state index contributed by atoms with van der Waals surface area (Å²) in [5.74, 6) is 0. The highest BCUT2D eigenvalue weighted by molar-refractivity contribution is 9.10. The normalized spacial score (nSPS) is 14.1. The molecule has 1 saturated heterocycles. The summed E-state index contributed by atoms with van der Waals surface area (Å²) in [5.41, 5.74) is 4.21. The van der Waals surface area contributed by atoms with E-state index in [-0.39, 0.29) is 10.5 Å². The summed E-state index contributed by atoms with van der Waals surface area (Å²) in [6.45, 7) is 5.00. The fourth-order valence-electron chi connectivity index (χ4n) is 4.94. The summed E-state index contributed by atoms with van der Waals surface area (Å²) in [4.78, 5) is 20.2. The largest absolute Gasteiger partial charge is 0.378 e. The van der Waals surface area contributed by atoms with Crippen molar-refractivity contribution in [2.24, 2.45) is 0 Å². The molecule has 0 aliphatic carbocycles. The van der Waals surface area contributed by atoms with Crippen LogP contribution < -0.4 is 10.5 Å². The van der Waals surface area contributed by atoms with Gasteiger partial charge in [-0.05, 0) is 54.4 Å². The molecule has 0 unspecified atom stereocenters. The zero-order chi connectivity index (χ0) is 27.9. The highest BCUT2D eigenvalue weighted by Crippen LogP contribution is 2.34. The predicted octanol–water partition coefficient (Wildman–Crippen LogP) is 5.06. The van der Waals surface area contributed by atoms with Gasteiger partial charge in [-0.1, -0.05) is 45.8 Å². The minimum Gasteiger partial charge on any atom is -0.378 e. The molecule has 2 aromatic carbocycles. The lowest BCUT2D eigenvalue weighted by Crippen LogP contribution is -2.36. The number of ether oxygens (including phenoxy) is 1. The highest BCUT2D eigenvalue weighted by Gasteiger charge is 2.24. The van der Waals surface area contributed by atoms with Gasteiger partial charge >= 0.3 is 0 Å². The zero-order valence-corrected chi connectivity index (χ0v) is 24.2. The van der Waals surface area contributed by atoms with E-state index < -0.39 is 10.0 Å². The number of pyridine rings is 2. The van der Waals surface area contributed by atoms with Crippen molar-refractivity contribution in [3.05, 3.63) is 111 Å². The zero-order valence-electron chi connectivity index (χ0n) is 21.8. The van der Waals surface area contributed by atoms with Gasteiger partial charge in [0.25, 0.3) is 15.6 Å². The van der Waals surface area contributed by atoms with E-state index >= 15 is 0 Å². The number of hydrogen-bond donors (Lipinski definition) is 0. The van der Waals surface area contributed by atoms with E-state index in [0.29, 0.717) is 41.9 Å². The summed E-state index contributed by atoms with van der Waals surface area (Å²) in [5, 5.41) is 0.656. The van der Waals surface area contributed by atoms with Crippen LogP contribution in [0.5, 0.6) is 0 Å². The molecule has 4 heterocycles. The number of hydrogen-bond acceptors (Lipinski definition) is 6. The van der Waals surface area contributed by atoms with Crippen LogP contribution in [0.4, 0.5) is 5.69 Å². The van der Waals surface area contributed by atoms with Crippen LogP contribution in [0.25, 0.3) is 22.2 Å². The molecule has 1 aliphatic heterocycles. The third-order valence-electron chi connectivity index (χ3n) is 7.10. The van der Waals surface area contributed by atoms with Crippen molar-refractivity contribution >= 4 is 42.7 Å². The molecule has 1 aliphatic rings. The first-order valence-electron chi connectivity index (χ1n) is 12.9. The Morgan fingerprint density at radius 2 is 1.77 bits per heavy atom. The van der Waals surface area contributed by atoms with Gasteiger partial charge < -0.3 is 14.2 Å². The Balaban J connectivity index is 1.48. The molecule has 0 atom stereocenters. The summed E-state index contributed by atoms with van der Waals surface area (Å²) in [6.07, 6.45) is 5.02. The monoisotopic (exact) mass is 618 g/mol. The molecule has 0 N–H and O–H groups in total.